The highest BCUT2D eigenvalue weighted by Crippen LogP contribution is 2.20. The zero-order chi connectivity index (χ0) is 16.0. The summed E-state index contributed by atoms with van der Waals surface area (Å²) in [5.41, 5.74) is -0.222. The van der Waals surface area contributed by atoms with Gasteiger partial charge in [0.1, 0.15) is 6.04 Å². The van der Waals surface area contributed by atoms with Crippen molar-refractivity contribution in [2.45, 2.75) is 52.0 Å². The van der Waals surface area contributed by atoms with Crippen molar-refractivity contribution in [1.29, 1.82) is 0 Å². The van der Waals surface area contributed by atoms with Crippen LogP contribution in [-0.2, 0) is 10.2 Å². The Hall–Kier alpha value is -2.12. The Labute approximate surface area is 123 Å². The molecule has 8 nitrogen and oxygen atoms in total. The van der Waals surface area contributed by atoms with Gasteiger partial charge >= 0.3 is 12.0 Å². The molecule has 0 spiro atoms. The number of rotatable bonds is 6. The number of carbonyl (C=O) groups is 2. The molecule has 0 aliphatic carbocycles. The van der Waals surface area contributed by atoms with Crippen LogP contribution < -0.4 is 10.6 Å². The first kappa shape index (κ1) is 16.9. The number of aliphatic carboxylic acids is 1. The summed E-state index contributed by atoms with van der Waals surface area (Å²) < 4.78 is 5.13. The van der Waals surface area contributed by atoms with Crippen LogP contribution in [0.5, 0.6) is 0 Å². The van der Waals surface area contributed by atoms with E-state index in [1.165, 1.54) is 0 Å². The maximum Gasteiger partial charge on any atom is 0.315 e. The number of carboxylic acid groups (broad SMARTS) is 1. The van der Waals surface area contributed by atoms with E-state index in [0.29, 0.717) is 24.7 Å². The van der Waals surface area contributed by atoms with Crippen LogP contribution in [0.2, 0.25) is 0 Å². The van der Waals surface area contributed by atoms with Gasteiger partial charge in [-0.1, -0.05) is 25.9 Å². The quantitative estimate of drug-likeness (QED) is 0.686. The van der Waals surface area contributed by atoms with Gasteiger partial charge in [-0.2, -0.15) is 4.98 Å². The third kappa shape index (κ3) is 5.80. The summed E-state index contributed by atoms with van der Waals surface area (Å²) in [5.74, 6) is 0.0276. The molecule has 21 heavy (non-hydrogen) atoms. The normalized spacial score (nSPS) is 12.8. The van der Waals surface area contributed by atoms with Crippen molar-refractivity contribution >= 4 is 12.0 Å². The van der Waals surface area contributed by atoms with Gasteiger partial charge in [0.15, 0.2) is 5.82 Å². The van der Waals surface area contributed by atoms with Crippen LogP contribution in [0.15, 0.2) is 4.52 Å². The Kier molecular flexibility index (Phi) is 5.69. The van der Waals surface area contributed by atoms with E-state index in [1.807, 2.05) is 20.8 Å². The smallest absolute Gasteiger partial charge is 0.315 e. The van der Waals surface area contributed by atoms with Gasteiger partial charge in [0, 0.05) is 18.4 Å². The lowest BCUT2D eigenvalue weighted by Crippen LogP contribution is -2.37. The Morgan fingerprint density at radius 1 is 1.38 bits per heavy atom. The zero-order valence-electron chi connectivity index (χ0n) is 12.8. The van der Waals surface area contributed by atoms with Crippen LogP contribution in [0.1, 0.15) is 58.3 Å². The molecular weight excluding hydrogens is 276 g/mol. The highest BCUT2D eigenvalue weighted by atomic mass is 16.5. The second-order valence-electron chi connectivity index (χ2n) is 5.83. The highest BCUT2D eigenvalue weighted by Gasteiger charge is 2.23. The molecule has 0 fully saturated rings. The highest BCUT2D eigenvalue weighted by molar-refractivity contribution is 5.74. The van der Waals surface area contributed by atoms with Crippen LogP contribution in [-0.4, -0.2) is 33.8 Å². The molecule has 8 heteroatoms. The minimum Gasteiger partial charge on any atom is -0.481 e. The number of carbonyl (C=O) groups excluding carboxylic acids is 1. The fourth-order valence-electron chi connectivity index (χ4n) is 1.47. The largest absolute Gasteiger partial charge is 0.481 e. The average Bonchev–Trinajstić information content (AvgIpc) is 2.83. The van der Waals surface area contributed by atoms with E-state index in [4.69, 9.17) is 9.63 Å². The fraction of sp³-hybridized carbons (Fsp3) is 0.692. The van der Waals surface area contributed by atoms with Crippen LogP contribution in [0.25, 0.3) is 0 Å². The predicted molar refractivity (Wildman–Crippen MR) is 74.8 cm³/mol. The van der Waals surface area contributed by atoms with Crippen molar-refractivity contribution in [3.63, 3.8) is 0 Å². The lowest BCUT2D eigenvalue weighted by atomic mass is 9.96. The maximum atomic E-state index is 11.6. The molecule has 1 aromatic rings. The standard InChI is InChI=1S/C13H22N4O4/c1-8(10-16-11(17-21-10)13(2,3)4)15-12(20)14-7-5-6-9(18)19/h8H,5-7H2,1-4H3,(H,18,19)(H2,14,15,20). The van der Waals surface area contributed by atoms with Crippen LogP contribution in [0.4, 0.5) is 4.79 Å². The number of hydrogen-bond donors (Lipinski definition) is 3. The SMILES string of the molecule is CC(NC(=O)NCCCC(=O)O)c1nc(C(C)(C)C)no1. The maximum absolute atomic E-state index is 11.6. The van der Waals surface area contributed by atoms with Gasteiger partial charge in [-0.25, -0.2) is 4.79 Å². The number of nitrogens with one attached hydrogen (secondary N) is 2. The molecule has 1 rings (SSSR count). The monoisotopic (exact) mass is 298 g/mol. The van der Waals surface area contributed by atoms with E-state index in [1.54, 1.807) is 6.92 Å². The van der Waals surface area contributed by atoms with E-state index >= 15 is 0 Å². The van der Waals surface area contributed by atoms with Crippen LogP contribution in [0.3, 0.4) is 0 Å². The molecular formula is C13H22N4O4. The summed E-state index contributed by atoms with van der Waals surface area (Å²) >= 11 is 0. The van der Waals surface area contributed by atoms with Crippen molar-refractivity contribution in [2.24, 2.45) is 0 Å². The minimum atomic E-state index is -0.883. The lowest BCUT2D eigenvalue weighted by Gasteiger charge is -2.12. The number of carboxylic acids is 1. The molecule has 1 atom stereocenters. The second-order valence-corrected chi connectivity index (χ2v) is 5.83. The number of urea groups is 1. The van der Waals surface area contributed by atoms with E-state index in [0.717, 1.165) is 0 Å². The van der Waals surface area contributed by atoms with Gasteiger partial charge in [-0.05, 0) is 13.3 Å². The number of amides is 2. The van der Waals surface area contributed by atoms with Crippen LogP contribution >= 0.6 is 0 Å². The van der Waals surface area contributed by atoms with Crippen LogP contribution in [0, 0.1) is 0 Å². The molecule has 1 aromatic heterocycles. The molecule has 3 N–H and O–H groups in total. The van der Waals surface area contributed by atoms with Crippen molar-refractivity contribution in [3.8, 4) is 0 Å². The zero-order valence-corrected chi connectivity index (χ0v) is 12.8. The van der Waals surface area contributed by atoms with E-state index in [-0.39, 0.29) is 11.8 Å². The van der Waals surface area contributed by atoms with Gasteiger partial charge in [-0.15, -0.1) is 0 Å². The Bertz CT molecular complexity index is 493. The Morgan fingerprint density at radius 3 is 2.57 bits per heavy atom. The lowest BCUT2D eigenvalue weighted by molar-refractivity contribution is -0.137. The summed E-state index contributed by atoms with van der Waals surface area (Å²) in [6, 6.07) is -0.823. The number of aromatic nitrogens is 2. The van der Waals surface area contributed by atoms with Crippen molar-refractivity contribution < 1.29 is 19.2 Å². The first-order chi connectivity index (χ1) is 9.70. The Balaban J connectivity index is 2.42. The van der Waals surface area contributed by atoms with Gasteiger partial charge < -0.3 is 20.3 Å². The summed E-state index contributed by atoms with van der Waals surface area (Å²) in [7, 11) is 0. The fourth-order valence-corrected chi connectivity index (χ4v) is 1.47. The van der Waals surface area contributed by atoms with Gasteiger partial charge in [-0.3, -0.25) is 4.79 Å². The summed E-state index contributed by atoms with van der Waals surface area (Å²) in [5, 5.41) is 17.6. The van der Waals surface area contributed by atoms with E-state index in [9.17, 15) is 9.59 Å². The van der Waals surface area contributed by atoms with Gasteiger partial charge in [0.05, 0.1) is 0 Å². The molecule has 0 aliphatic heterocycles. The molecule has 2 amide bonds. The topological polar surface area (TPSA) is 117 Å². The molecule has 118 valence electrons. The van der Waals surface area contributed by atoms with Gasteiger partial charge in [0.25, 0.3) is 0 Å². The summed E-state index contributed by atoms with van der Waals surface area (Å²) in [4.78, 5) is 26.2. The molecule has 0 radical (unpaired) electrons. The Morgan fingerprint density at radius 2 is 2.05 bits per heavy atom. The predicted octanol–water partition coefficient (Wildman–Crippen LogP) is 1.59. The van der Waals surface area contributed by atoms with E-state index in [2.05, 4.69) is 20.8 Å². The molecule has 1 unspecified atom stereocenters. The third-order valence-corrected chi connectivity index (χ3v) is 2.68. The number of hydrogen-bond acceptors (Lipinski definition) is 5. The first-order valence-electron chi connectivity index (χ1n) is 6.80. The first-order valence-corrected chi connectivity index (χ1v) is 6.80. The molecule has 0 aromatic carbocycles. The minimum absolute atomic E-state index is 0.0223. The molecule has 0 saturated carbocycles. The number of nitrogens with zero attached hydrogens (tertiary/aromatic N) is 2. The van der Waals surface area contributed by atoms with Gasteiger partial charge in [0.2, 0.25) is 5.89 Å². The van der Waals surface area contributed by atoms with Crippen molar-refractivity contribution in [2.75, 3.05) is 6.54 Å². The van der Waals surface area contributed by atoms with Crippen molar-refractivity contribution in [1.82, 2.24) is 20.8 Å². The molecule has 0 bridgehead atoms. The van der Waals surface area contributed by atoms with E-state index < -0.39 is 18.0 Å². The third-order valence-electron chi connectivity index (χ3n) is 2.68. The molecule has 1 heterocycles. The summed E-state index contributed by atoms with van der Waals surface area (Å²) in [6.07, 6.45) is 0.403. The second kappa shape index (κ2) is 7.05. The molecule has 0 aliphatic rings. The average molecular weight is 298 g/mol. The van der Waals surface area contributed by atoms with Crippen molar-refractivity contribution in [3.05, 3.63) is 11.7 Å². The molecule has 0 saturated heterocycles. The summed E-state index contributed by atoms with van der Waals surface area (Å²) in [6.45, 7) is 7.93.